The summed E-state index contributed by atoms with van der Waals surface area (Å²) in [6.07, 6.45) is 3.36. The standard InChI is InChI=1S/C12H20N4O2/c1-8-13-11(16(17)18)10(15(8)4)14-9-6-5-7-12(9,2)3/h9,14H,5-7H2,1-4H3. The molecule has 0 amide bonds. The van der Waals surface area contributed by atoms with Gasteiger partial charge in [0.2, 0.25) is 11.6 Å². The Balaban J connectivity index is 2.31. The highest BCUT2D eigenvalue weighted by Gasteiger charge is 2.37. The molecule has 0 radical (unpaired) electrons. The topological polar surface area (TPSA) is 73.0 Å². The molecular formula is C12H20N4O2. The van der Waals surface area contributed by atoms with E-state index in [2.05, 4.69) is 24.1 Å². The SMILES string of the molecule is Cc1nc([N+](=O)[O-])c(NC2CCCC2(C)C)n1C. The van der Waals surface area contributed by atoms with Crippen LogP contribution in [0.5, 0.6) is 0 Å². The molecule has 0 spiro atoms. The first-order valence-electron chi connectivity index (χ1n) is 6.27. The smallest absolute Gasteiger partial charge is 0.361 e. The van der Waals surface area contributed by atoms with Crippen molar-refractivity contribution in [1.29, 1.82) is 0 Å². The molecule has 1 saturated carbocycles. The van der Waals surface area contributed by atoms with Gasteiger partial charge in [0.25, 0.3) is 0 Å². The summed E-state index contributed by atoms with van der Waals surface area (Å²) in [5.41, 5.74) is 0.173. The van der Waals surface area contributed by atoms with Crippen molar-refractivity contribution in [1.82, 2.24) is 9.55 Å². The molecule has 1 aromatic rings. The van der Waals surface area contributed by atoms with Crippen LogP contribution >= 0.6 is 0 Å². The van der Waals surface area contributed by atoms with E-state index in [1.165, 1.54) is 0 Å². The fourth-order valence-corrected chi connectivity index (χ4v) is 2.64. The molecule has 6 heteroatoms. The zero-order chi connectivity index (χ0) is 13.5. The van der Waals surface area contributed by atoms with Gasteiger partial charge >= 0.3 is 5.82 Å². The van der Waals surface area contributed by atoms with Gasteiger partial charge in [0.05, 0.1) is 0 Å². The van der Waals surface area contributed by atoms with Gasteiger partial charge in [-0.2, -0.15) is 0 Å². The Hall–Kier alpha value is -1.59. The lowest BCUT2D eigenvalue weighted by molar-refractivity contribution is -0.388. The van der Waals surface area contributed by atoms with Crippen LogP contribution in [-0.4, -0.2) is 20.5 Å². The van der Waals surface area contributed by atoms with Crippen molar-refractivity contribution in [2.45, 2.75) is 46.1 Å². The van der Waals surface area contributed by atoms with Gasteiger partial charge in [0, 0.05) is 20.0 Å². The summed E-state index contributed by atoms with van der Waals surface area (Å²) in [6, 6.07) is 0.269. The van der Waals surface area contributed by atoms with Gasteiger partial charge < -0.3 is 15.4 Å². The third kappa shape index (κ3) is 2.07. The highest BCUT2D eigenvalue weighted by Crippen LogP contribution is 2.40. The molecule has 1 fully saturated rings. The number of nitrogens with zero attached hydrogens (tertiary/aromatic N) is 3. The molecule has 1 heterocycles. The van der Waals surface area contributed by atoms with Crippen molar-refractivity contribution in [2.24, 2.45) is 12.5 Å². The maximum Gasteiger partial charge on any atom is 0.406 e. The third-order valence-corrected chi connectivity index (χ3v) is 4.04. The first kappa shape index (κ1) is 12.9. The van der Waals surface area contributed by atoms with Gasteiger partial charge in [-0.05, 0) is 28.2 Å². The van der Waals surface area contributed by atoms with E-state index in [0.717, 1.165) is 19.3 Å². The summed E-state index contributed by atoms with van der Waals surface area (Å²) in [6.45, 7) is 6.18. The van der Waals surface area contributed by atoms with Crippen LogP contribution in [0.25, 0.3) is 0 Å². The first-order chi connectivity index (χ1) is 8.33. The highest BCUT2D eigenvalue weighted by molar-refractivity contribution is 5.54. The molecule has 1 atom stereocenters. The number of aromatic nitrogens is 2. The number of anilines is 1. The molecule has 18 heavy (non-hydrogen) atoms. The molecule has 0 aliphatic heterocycles. The molecule has 1 N–H and O–H groups in total. The monoisotopic (exact) mass is 252 g/mol. The van der Waals surface area contributed by atoms with Crippen LogP contribution in [0.15, 0.2) is 0 Å². The average Bonchev–Trinajstić information content (AvgIpc) is 2.73. The maximum atomic E-state index is 11.0. The van der Waals surface area contributed by atoms with E-state index in [1.54, 1.807) is 18.5 Å². The molecule has 100 valence electrons. The van der Waals surface area contributed by atoms with Crippen molar-refractivity contribution in [3.63, 3.8) is 0 Å². The fourth-order valence-electron chi connectivity index (χ4n) is 2.64. The van der Waals surface area contributed by atoms with Gasteiger partial charge in [-0.25, -0.2) is 0 Å². The number of rotatable bonds is 3. The Morgan fingerprint density at radius 2 is 2.22 bits per heavy atom. The molecule has 6 nitrogen and oxygen atoms in total. The van der Waals surface area contributed by atoms with E-state index in [-0.39, 0.29) is 17.3 Å². The molecule has 1 aromatic heterocycles. The van der Waals surface area contributed by atoms with Crippen LogP contribution in [0, 0.1) is 22.5 Å². The first-order valence-corrected chi connectivity index (χ1v) is 6.27. The van der Waals surface area contributed by atoms with Crippen LogP contribution in [0.4, 0.5) is 11.6 Å². The van der Waals surface area contributed by atoms with Crippen LogP contribution in [0.2, 0.25) is 0 Å². The predicted octanol–water partition coefficient (Wildman–Crippen LogP) is 2.63. The minimum atomic E-state index is -0.419. The number of nitrogens with one attached hydrogen (secondary N) is 1. The van der Waals surface area contributed by atoms with E-state index >= 15 is 0 Å². The third-order valence-electron chi connectivity index (χ3n) is 4.04. The van der Waals surface area contributed by atoms with E-state index in [0.29, 0.717) is 11.6 Å². The Kier molecular flexibility index (Phi) is 3.04. The van der Waals surface area contributed by atoms with Crippen LogP contribution < -0.4 is 5.32 Å². The van der Waals surface area contributed by atoms with Gasteiger partial charge in [-0.15, -0.1) is 0 Å². The second-order valence-corrected chi connectivity index (χ2v) is 5.73. The number of hydrogen-bond donors (Lipinski definition) is 1. The summed E-state index contributed by atoms with van der Waals surface area (Å²) in [5, 5.41) is 14.3. The van der Waals surface area contributed by atoms with Gasteiger partial charge in [-0.3, -0.25) is 4.57 Å². The maximum absolute atomic E-state index is 11.0. The van der Waals surface area contributed by atoms with E-state index in [9.17, 15) is 10.1 Å². The van der Waals surface area contributed by atoms with Crippen LogP contribution in [-0.2, 0) is 7.05 Å². The van der Waals surface area contributed by atoms with Crippen molar-refractivity contribution >= 4 is 11.6 Å². The van der Waals surface area contributed by atoms with Gasteiger partial charge in [0.1, 0.15) is 0 Å². The predicted molar refractivity (Wildman–Crippen MR) is 69.6 cm³/mol. The second kappa shape index (κ2) is 4.26. The lowest BCUT2D eigenvalue weighted by Crippen LogP contribution is -2.31. The van der Waals surface area contributed by atoms with Crippen molar-refractivity contribution < 1.29 is 4.92 Å². The minimum Gasteiger partial charge on any atom is -0.361 e. The lowest BCUT2D eigenvalue weighted by Gasteiger charge is -2.28. The number of imidazole rings is 1. The molecule has 2 rings (SSSR count). The summed E-state index contributed by atoms with van der Waals surface area (Å²) in [4.78, 5) is 14.6. The Morgan fingerprint density at radius 3 is 2.72 bits per heavy atom. The number of hydrogen-bond acceptors (Lipinski definition) is 4. The number of aryl methyl sites for hydroxylation is 1. The molecule has 1 aliphatic rings. The van der Waals surface area contributed by atoms with Gasteiger partial charge in [-0.1, -0.05) is 20.3 Å². The number of nitro groups is 1. The van der Waals surface area contributed by atoms with Crippen molar-refractivity contribution in [3.8, 4) is 0 Å². The quantitative estimate of drug-likeness (QED) is 0.663. The highest BCUT2D eigenvalue weighted by atomic mass is 16.6. The zero-order valence-electron chi connectivity index (χ0n) is 11.4. The average molecular weight is 252 g/mol. The molecule has 1 unspecified atom stereocenters. The van der Waals surface area contributed by atoms with Crippen molar-refractivity contribution in [3.05, 3.63) is 15.9 Å². The second-order valence-electron chi connectivity index (χ2n) is 5.73. The summed E-state index contributed by atoms with van der Waals surface area (Å²) in [7, 11) is 1.81. The fraction of sp³-hybridized carbons (Fsp3) is 0.750. The normalized spacial score (nSPS) is 22.1. The lowest BCUT2D eigenvalue weighted by atomic mass is 9.87. The van der Waals surface area contributed by atoms with E-state index in [1.807, 2.05) is 0 Å². The largest absolute Gasteiger partial charge is 0.406 e. The Morgan fingerprint density at radius 1 is 1.56 bits per heavy atom. The van der Waals surface area contributed by atoms with E-state index in [4.69, 9.17) is 0 Å². The minimum absolute atomic E-state index is 0.0716. The van der Waals surface area contributed by atoms with Crippen molar-refractivity contribution in [2.75, 3.05) is 5.32 Å². The summed E-state index contributed by atoms with van der Waals surface area (Å²) in [5.74, 6) is 1.11. The molecule has 1 aliphatic carbocycles. The molecule has 0 aromatic carbocycles. The van der Waals surface area contributed by atoms with Crippen LogP contribution in [0.3, 0.4) is 0 Å². The Bertz CT molecular complexity index is 479. The molecule has 0 bridgehead atoms. The Labute approximate surface area is 107 Å². The van der Waals surface area contributed by atoms with E-state index < -0.39 is 4.92 Å². The van der Waals surface area contributed by atoms with Crippen LogP contribution in [0.1, 0.15) is 38.9 Å². The summed E-state index contributed by atoms with van der Waals surface area (Å²) < 4.78 is 1.76. The summed E-state index contributed by atoms with van der Waals surface area (Å²) >= 11 is 0. The molecule has 0 saturated heterocycles. The zero-order valence-corrected chi connectivity index (χ0v) is 11.4. The molecular weight excluding hydrogens is 232 g/mol. The van der Waals surface area contributed by atoms with Gasteiger partial charge in [0.15, 0.2) is 0 Å².